The Balaban J connectivity index is 1.92. The molecule has 1 aliphatic heterocycles. The third-order valence-electron chi connectivity index (χ3n) is 4.13. The Bertz CT molecular complexity index is 694. The number of aryl methyl sites for hydroxylation is 2. The number of carbonyl (C=O) groups excluding carboxylic acids is 1. The van der Waals surface area contributed by atoms with E-state index < -0.39 is 0 Å². The van der Waals surface area contributed by atoms with Crippen LogP contribution in [-0.4, -0.2) is 38.9 Å². The molecule has 116 valence electrons. The zero-order valence-electron chi connectivity index (χ0n) is 13.2. The lowest BCUT2D eigenvalue weighted by atomic mass is 10.1. The number of nitrogens with zero attached hydrogens (tertiary/aromatic N) is 4. The second-order valence-electron chi connectivity index (χ2n) is 5.64. The van der Waals surface area contributed by atoms with Gasteiger partial charge in [-0.05, 0) is 31.9 Å². The molecule has 0 aromatic carbocycles. The van der Waals surface area contributed by atoms with Crippen LogP contribution in [0.25, 0.3) is 0 Å². The first kappa shape index (κ1) is 14.6. The van der Waals surface area contributed by atoms with Crippen molar-refractivity contribution >= 4 is 11.7 Å². The molecule has 1 saturated heterocycles. The van der Waals surface area contributed by atoms with Gasteiger partial charge in [-0.2, -0.15) is 0 Å². The number of carbonyl (C=O) groups is 1. The Hall–Kier alpha value is -2.37. The predicted molar refractivity (Wildman–Crippen MR) is 84.7 cm³/mol. The van der Waals surface area contributed by atoms with Crippen molar-refractivity contribution in [3.63, 3.8) is 0 Å². The van der Waals surface area contributed by atoms with Crippen molar-refractivity contribution < 1.29 is 4.79 Å². The smallest absolute Gasteiger partial charge is 0.271 e. The number of nitrogens with one attached hydrogen (secondary N) is 1. The van der Waals surface area contributed by atoms with Gasteiger partial charge in [0.25, 0.3) is 5.91 Å². The highest BCUT2D eigenvalue weighted by molar-refractivity contribution is 5.93. The fourth-order valence-electron chi connectivity index (χ4n) is 3.04. The van der Waals surface area contributed by atoms with Gasteiger partial charge in [0.1, 0.15) is 17.3 Å². The highest BCUT2D eigenvalue weighted by atomic mass is 16.2. The zero-order chi connectivity index (χ0) is 15.7. The van der Waals surface area contributed by atoms with Crippen LogP contribution in [0.4, 0.5) is 5.82 Å². The van der Waals surface area contributed by atoms with Crippen LogP contribution in [0.3, 0.4) is 0 Å². The second kappa shape index (κ2) is 5.79. The molecular formula is C16H21N5O. The molecular weight excluding hydrogens is 278 g/mol. The number of aromatic nitrogens is 3. The third-order valence-corrected chi connectivity index (χ3v) is 4.13. The normalized spacial score (nSPS) is 17.8. The number of hydrogen-bond donors (Lipinski definition) is 1. The maximum Gasteiger partial charge on any atom is 0.271 e. The van der Waals surface area contributed by atoms with E-state index in [2.05, 4.69) is 15.3 Å². The average Bonchev–Trinajstić information content (AvgIpc) is 3.14. The van der Waals surface area contributed by atoms with Crippen molar-refractivity contribution in [3.05, 3.63) is 41.6 Å². The van der Waals surface area contributed by atoms with E-state index in [4.69, 9.17) is 0 Å². The van der Waals surface area contributed by atoms with Crippen molar-refractivity contribution in [1.29, 1.82) is 0 Å². The summed E-state index contributed by atoms with van der Waals surface area (Å²) in [5.41, 5.74) is 1.63. The first-order valence-electron chi connectivity index (χ1n) is 7.56. The van der Waals surface area contributed by atoms with E-state index in [0.717, 1.165) is 36.7 Å². The van der Waals surface area contributed by atoms with Crippen molar-refractivity contribution in [2.45, 2.75) is 25.8 Å². The van der Waals surface area contributed by atoms with E-state index >= 15 is 0 Å². The van der Waals surface area contributed by atoms with Gasteiger partial charge in [0.05, 0.1) is 11.7 Å². The first-order valence-corrected chi connectivity index (χ1v) is 7.56. The molecule has 0 bridgehead atoms. The van der Waals surface area contributed by atoms with Gasteiger partial charge in [-0.15, -0.1) is 0 Å². The summed E-state index contributed by atoms with van der Waals surface area (Å²) in [6.45, 7) is 2.65. The molecule has 3 rings (SSSR count). The lowest BCUT2D eigenvalue weighted by molar-refractivity contribution is 0.0723. The molecule has 0 aliphatic carbocycles. The van der Waals surface area contributed by atoms with E-state index in [-0.39, 0.29) is 11.9 Å². The molecule has 0 spiro atoms. The monoisotopic (exact) mass is 299 g/mol. The summed E-state index contributed by atoms with van der Waals surface area (Å²) >= 11 is 0. The van der Waals surface area contributed by atoms with E-state index in [1.54, 1.807) is 0 Å². The summed E-state index contributed by atoms with van der Waals surface area (Å²) in [5.74, 6) is 1.58. The van der Waals surface area contributed by atoms with E-state index in [1.807, 2.05) is 54.9 Å². The molecule has 6 nitrogen and oxygen atoms in total. The molecule has 1 unspecified atom stereocenters. The molecule has 2 aromatic rings. The topological polar surface area (TPSA) is 63.1 Å². The molecule has 1 amide bonds. The summed E-state index contributed by atoms with van der Waals surface area (Å²) < 4.78 is 1.86. The Morgan fingerprint density at radius 2 is 2.23 bits per heavy atom. The average molecular weight is 299 g/mol. The maximum atomic E-state index is 12.8. The quantitative estimate of drug-likeness (QED) is 0.943. The third kappa shape index (κ3) is 2.56. The Kier molecular flexibility index (Phi) is 3.83. The van der Waals surface area contributed by atoms with Gasteiger partial charge >= 0.3 is 0 Å². The second-order valence-corrected chi connectivity index (χ2v) is 5.64. The minimum Gasteiger partial charge on any atom is -0.373 e. The Morgan fingerprint density at radius 1 is 1.41 bits per heavy atom. The van der Waals surface area contributed by atoms with E-state index in [0.29, 0.717) is 5.69 Å². The number of rotatable bonds is 3. The van der Waals surface area contributed by atoms with Crippen LogP contribution in [0.2, 0.25) is 0 Å². The lowest BCUT2D eigenvalue weighted by Gasteiger charge is -2.25. The SMILES string of the molecule is CNc1cc(C2CCCN2C(=O)c2cccn2C)nc(C)n1. The lowest BCUT2D eigenvalue weighted by Crippen LogP contribution is -2.32. The molecule has 1 aliphatic rings. The summed E-state index contributed by atoms with van der Waals surface area (Å²) in [4.78, 5) is 23.6. The van der Waals surface area contributed by atoms with Gasteiger partial charge in [0, 0.05) is 32.9 Å². The summed E-state index contributed by atoms with van der Waals surface area (Å²) in [6.07, 6.45) is 3.83. The van der Waals surface area contributed by atoms with Crippen molar-refractivity contribution in [1.82, 2.24) is 19.4 Å². The molecule has 1 N–H and O–H groups in total. The van der Waals surface area contributed by atoms with Crippen LogP contribution in [0.5, 0.6) is 0 Å². The van der Waals surface area contributed by atoms with Crippen LogP contribution < -0.4 is 5.32 Å². The van der Waals surface area contributed by atoms with Gasteiger partial charge in [-0.3, -0.25) is 4.79 Å². The van der Waals surface area contributed by atoms with Gasteiger partial charge < -0.3 is 14.8 Å². The molecule has 6 heteroatoms. The maximum absolute atomic E-state index is 12.8. The van der Waals surface area contributed by atoms with Crippen molar-refractivity contribution in [2.75, 3.05) is 18.9 Å². The number of amides is 1. The summed E-state index contributed by atoms with van der Waals surface area (Å²) in [5, 5.41) is 3.05. The number of hydrogen-bond acceptors (Lipinski definition) is 4. The van der Waals surface area contributed by atoms with Gasteiger partial charge in [-0.25, -0.2) is 9.97 Å². The van der Waals surface area contributed by atoms with Gasteiger partial charge in [0.2, 0.25) is 0 Å². The molecule has 3 heterocycles. The number of likely N-dealkylation sites (tertiary alicyclic amines) is 1. The van der Waals surface area contributed by atoms with Crippen LogP contribution in [0.1, 0.15) is 40.9 Å². The summed E-state index contributed by atoms with van der Waals surface area (Å²) in [6, 6.07) is 5.72. The standard InChI is InChI=1S/C16H21N5O/c1-11-18-12(10-15(17-2)19-11)13-6-5-9-21(13)16(22)14-7-4-8-20(14)3/h4,7-8,10,13H,5-6,9H2,1-3H3,(H,17,18,19). The zero-order valence-corrected chi connectivity index (χ0v) is 13.2. The largest absolute Gasteiger partial charge is 0.373 e. The summed E-state index contributed by atoms with van der Waals surface area (Å²) in [7, 11) is 3.74. The Labute approximate surface area is 130 Å². The van der Waals surface area contributed by atoms with Crippen molar-refractivity contribution in [3.8, 4) is 0 Å². The first-order chi connectivity index (χ1) is 10.6. The molecule has 0 radical (unpaired) electrons. The Morgan fingerprint density at radius 3 is 2.91 bits per heavy atom. The predicted octanol–water partition coefficient (Wildman–Crippen LogP) is 2.14. The minimum atomic E-state index is 0.0243. The molecule has 1 atom stereocenters. The van der Waals surface area contributed by atoms with E-state index in [9.17, 15) is 4.79 Å². The van der Waals surface area contributed by atoms with Crippen LogP contribution in [-0.2, 0) is 7.05 Å². The van der Waals surface area contributed by atoms with Gasteiger partial charge in [-0.1, -0.05) is 0 Å². The van der Waals surface area contributed by atoms with Crippen LogP contribution in [0.15, 0.2) is 24.4 Å². The highest BCUT2D eigenvalue weighted by Crippen LogP contribution is 2.32. The fraction of sp³-hybridized carbons (Fsp3) is 0.438. The molecule has 0 saturated carbocycles. The van der Waals surface area contributed by atoms with Crippen LogP contribution >= 0.6 is 0 Å². The number of anilines is 1. The van der Waals surface area contributed by atoms with Crippen molar-refractivity contribution in [2.24, 2.45) is 7.05 Å². The van der Waals surface area contributed by atoms with Crippen LogP contribution in [0, 0.1) is 6.92 Å². The van der Waals surface area contributed by atoms with E-state index in [1.165, 1.54) is 0 Å². The van der Waals surface area contributed by atoms with Gasteiger partial charge in [0.15, 0.2) is 0 Å². The molecule has 2 aromatic heterocycles. The fourth-order valence-corrected chi connectivity index (χ4v) is 3.04. The molecule has 22 heavy (non-hydrogen) atoms. The highest BCUT2D eigenvalue weighted by Gasteiger charge is 2.32. The minimum absolute atomic E-state index is 0.0243. The molecule has 1 fully saturated rings.